The second-order valence-corrected chi connectivity index (χ2v) is 9.08. The van der Waals surface area contributed by atoms with Crippen LogP contribution in [0.2, 0.25) is 0 Å². The van der Waals surface area contributed by atoms with Crippen LogP contribution in [-0.2, 0) is 11.8 Å². The first kappa shape index (κ1) is 20.6. The van der Waals surface area contributed by atoms with Gasteiger partial charge in [-0.2, -0.15) is 0 Å². The van der Waals surface area contributed by atoms with Crippen LogP contribution in [0.3, 0.4) is 0 Å². The number of nitrogen functional groups attached to an aromatic ring is 1. The standard InChI is InChI=1S/C25H26FN5O/c1-31(2)14-25(8-9-25)17-5-3-15(4-6-17)21-13-29-23(27)22(30-21)19-11-16-7-10-28-24(32)18(16)12-20(19)26/h3-6,11-13H,7-10,14H2,1-2H3,(H2,27,29)(H,28,32). The molecule has 1 aliphatic carbocycles. The molecule has 0 bridgehead atoms. The summed E-state index contributed by atoms with van der Waals surface area (Å²) in [6, 6.07) is 11.3. The molecular formula is C25H26FN5O. The van der Waals surface area contributed by atoms with Crippen LogP contribution < -0.4 is 11.1 Å². The number of fused-ring (bicyclic) bond motifs is 1. The van der Waals surface area contributed by atoms with Gasteiger partial charge in [0.2, 0.25) is 0 Å². The van der Waals surface area contributed by atoms with Gasteiger partial charge in [0.25, 0.3) is 5.91 Å². The van der Waals surface area contributed by atoms with E-state index < -0.39 is 5.82 Å². The first-order valence-electron chi connectivity index (χ1n) is 10.9. The van der Waals surface area contributed by atoms with Crippen molar-refractivity contribution in [3.05, 3.63) is 65.1 Å². The molecule has 1 aliphatic heterocycles. The maximum absolute atomic E-state index is 14.9. The molecule has 7 heteroatoms. The quantitative estimate of drug-likeness (QED) is 0.647. The number of carbonyl (C=O) groups excluding carboxylic acids is 1. The maximum atomic E-state index is 14.9. The van der Waals surface area contributed by atoms with Crippen molar-refractivity contribution in [2.45, 2.75) is 24.7 Å². The van der Waals surface area contributed by atoms with Gasteiger partial charge in [0, 0.05) is 35.2 Å². The minimum Gasteiger partial charge on any atom is -0.382 e. The molecule has 1 aromatic heterocycles. The monoisotopic (exact) mass is 431 g/mol. The topological polar surface area (TPSA) is 84.1 Å². The molecule has 2 aromatic carbocycles. The van der Waals surface area contributed by atoms with Crippen LogP contribution in [0.15, 0.2) is 42.6 Å². The molecule has 3 aromatic rings. The summed E-state index contributed by atoms with van der Waals surface area (Å²) in [5, 5.41) is 2.74. The Bertz CT molecular complexity index is 1200. The van der Waals surface area contributed by atoms with Crippen molar-refractivity contribution in [1.82, 2.24) is 20.2 Å². The largest absolute Gasteiger partial charge is 0.382 e. The zero-order valence-corrected chi connectivity index (χ0v) is 18.3. The number of benzene rings is 2. The third kappa shape index (κ3) is 3.62. The summed E-state index contributed by atoms with van der Waals surface area (Å²) in [4.78, 5) is 23.2. The van der Waals surface area contributed by atoms with E-state index in [1.807, 2.05) is 12.1 Å². The van der Waals surface area contributed by atoms with Crippen LogP contribution in [0.5, 0.6) is 0 Å². The number of aromatic nitrogens is 2. The molecule has 32 heavy (non-hydrogen) atoms. The number of nitrogens with one attached hydrogen (secondary N) is 1. The van der Waals surface area contributed by atoms with E-state index in [0.29, 0.717) is 29.9 Å². The fourth-order valence-electron chi connectivity index (χ4n) is 4.65. The molecule has 164 valence electrons. The molecule has 1 fully saturated rings. The lowest BCUT2D eigenvalue weighted by atomic mass is 9.94. The van der Waals surface area contributed by atoms with Gasteiger partial charge in [-0.1, -0.05) is 24.3 Å². The number of nitrogens with two attached hydrogens (primary N) is 1. The van der Waals surface area contributed by atoms with Gasteiger partial charge in [-0.05, 0) is 56.6 Å². The Morgan fingerprint density at radius 3 is 2.59 bits per heavy atom. The van der Waals surface area contributed by atoms with E-state index in [0.717, 1.165) is 17.7 Å². The number of amides is 1. The Balaban J connectivity index is 1.50. The lowest BCUT2D eigenvalue weighted by Gasteiger charge is -2.21. The smallest absolute Gasteiger partial charge is 0.251 e. The van der Waals surface area contributed by atoms with Crippen LogP contribution in [0.4, 0.5) is 10.2 Å². The SMILES string of the molecule is CN(C)CC1(c2ccc(-c3cnc(N)c(-c4cc5c(cc4F)C(=O)NCC5)n3)cc2)CC1. The van der Waals surface area contributed by atoms with Crippen molar-refractivity contribution in [2.24, 2.45) is 0 Å². The van der Waals surface area contributed by atoms with Crippen molar-refractivity contribution in [1.29, 1.82) is 0 Å². The predicted molar refractivity (Wildman–Crippen MR) is 123 cm³/mol. The summed E-state index contributed by atoms with van der Waals surface area (Å²) in [7, 11) is 4.21. The third-order valence-corrected chi connectivity index (χ3v) is 6.44. The van der Waals surface area contributed by atoms with Gasteiger partial charge < -0.3 is 16.0 Å². The third-order valence-electron chi connectivity index (χ3n) is 6.44. The summed E-state index contributed by atoms with van der Waals surface area (Å²) >= 11 is 0. The van der Waals surface area contributed by atoms with Gasteiger partial charge in [-0.25, -0.2) is 14.4 Å². The molecule has 2 aliphatic rings. The first-order chi connectivity index (χ1) is 15.4. The van der Waals surface area contributed by atoms with E-state index in [-0.39, 0.29) is 22.7 Å². The minimum atomic E-state index is -0.534. The second-order valence-electron chi connectivity index (χ2n) is 9.08. The number of nitrogens with zero attached hydrogens (tertiary/aromatic N) is 3. The van der Waals surface area contributed by atoms with Crippen LogP contribution in [-0.4, -0.2) is 48.0 Å². The van der Waals surface area contributed by atoms with Gasteiger partial charge in [-0.15, -0.1) is 0 Å². The van der Waals surface area contributed by atoms with E-state index >= 15 is 0 Å². The normalized spacial score (nSPS) is 16.6. The van der Waals surface area contributed by atoms with Gasteiger partial charge in [0.15, 0.2) is 0 Å². The van der Waals surface area contributed by atoms with Gasteiger partial charge in [0.1, 0.15) is 17.3 Å². The van der Waals surface area contributed by atoms with Crippen molar-refractivity contribution in [3.63, 3.8) is 0 Å². The van der Waals surface area contributed by atoms with Crippen LogP contribution in [0, 0.1) is 5.82 Å². The maximum Gasteiger partial charge on any atom is 0.251 e. The lowest BCUT2D eigenvalue weighted by molar-refractivity contribution is 0.0945. The van der Waals surface area contributed by atoms with Crippen molar-refractivity contribution in [3.8, 4) is 22.5 Å². The van der Waals surface area contributed by atoms with Crippen LogP contribution in [0.1, 0.15) is 34.3 Å². The van der Waals surface area contributed by atoms with Crippen LogP contribution in [0.25, 0.3) is 22.5 Å². The fourth-order valence-corrected chi connectivity index (χ4v) is 4.65. The molecule has 0 spiro atoms. The van der Waals surface area contributed by atoms with Gasteiger partial charge in [-0.3, -0.25) is 4.79 Å². The summed E-state index contributed by atoms with van der Waals surface area (Å²) < 4.78 is 14.9. The zero-order valence-electron chi connectivity index (χ0n) is 18.3. The minimum absolute atomic E-state index is 0.160. The average molecular weight is 432 g/mol. The summed E-state index contributed by atoms with van der Waals surface area (Å²) in [5.74, 6) is -0.631. The average Bonchev–Trinajstić information content (AvgIpc) is 3.55. The number of rotatable bonds is 5. The number of anilines is 1. The molecule has 1 saturated carbocycles. The number of likely N-dealkylation sites (N-methyl/N-ethyl adjacent to an activating group) is 1. The van der Waals surface area contributed by atoms with Crippen molar-refractivity contribution in [2.75, 3.05) is 32.9 Å². The highest BCUT2D eigenvalue weighted by Crippen LogP contribution is 2.48. The highest BCUT2D eigenvalue weighted by Gasteiger charge is 2.44. The van der Waals surface area contributed by atoms with Crippen molar-refractivity contribution >= 4 is 11.7 Å². The van der Waals surface area contributed by atoms with Gasteiger partial charge >= 0.3 is 0 Å². The van der Waals surface area contributed by atoms with E-state index in [9.17, 15) is 9.18 Å². The molecular weight excluding hydrogens is 405 g/mol. The number of hydrogen-bond acceptors (Lipinski definition) is 5. The van der Waals surface area contributed by atoms with E-state index in [1.165, 1.54) is 24.5 Å². The van der Waals surface area contributed by atoms with Crippen LogP contribution >= 0.6 is 0 Å². The molecule has 0 unspecified atom stereocenters. The Morgan fingerprint density at radius 1 is 1.16 bits per heavy atom. The molecule has 0 radical (unpaired) electrons. The highest BCUT2D eigenvalue weighted by atomic mass is 19.1. The number of carbonyl (C=O) groups is 1. The molecule has 1 amide bonds. The van der Waals surface area contributed by atoms with E-state index in [4.69, 9.17) is 5.73 Å². The molecule has 6 nitrogen and oxygen atoms in total. The number of hydrogen-bond donors (Lipinski definition) is 2. The molecule has 0 atom stereocenters. The molecule has 0 saturated heterocycles. The zero-order chi connectivity index (χ0) is 22.5. The highest BCUT2D eigenvalue weighted by molar-refractivity contribution is 5.97. The molecule has 2 heterocycles. The summed E-state index contributed by atoms with van der Waals surface area (Å²) in [6.45, 7) is 1.56. The Morgan fingerprint density at radius 2 is 1.91 bits per heavy atom. The van der Waals surface area contributed by atoms with Crippen molar-refractivity contribution < 1.29 is 9.18 Å². The van der Waals surface area contributed by atoms with E-state index in [2.05, 4.69) is 46.4 Å². The van der Waals surface area contributed by atoms with E-state index in [1.54, 1.807) is 12.3 Å². The predicted octanol–water partition coefficient (Wildman–Crippen LogP) is 3.41. The Kier molecular flexibility index (Phi) is 4.93. The van der Waals surface area contributed by atoms with Gasteiger partial charge in [0.05, 0.1) is 11.9 Å². The Labute approximate surface area is 186 Å². The summed E-state index contributed by atoms with van der Waals surface area (Å²) in [6.07, 6.45) is 4.65. The fraction of sp³-hybridized carbons (Fsp3) is 0.320. The number of halogens is 1. The summed E-state index contributed by atoms with van der Waals surface area (Å²) in [5.41, 5.74) is 10.9. The lowest BCUT2D eigenvalue weighted by Crippen LogP contribution is -2.32. The first-order valence-corrected chi connectivity index (χ1v) is 10.9. The second kappa shape index (κ2) is 7.67. The molecule has 3 N–H and O–H groups in total. The molecule has 5 rings (SSSR count). The Hall–Kier alpha value is -3.32.